The number of ether oxygens (including phenoxy) is 1. The number of benzene rings is 1. The van der Waals surface area contributed by atoms with E-state index in [2.05, 4.69) is 21.2 Å². The molecule has 0 aliphatic heterocycles. The lowest BCUT2D eigenvalue weighted by Crippen LogP contribution is -2.29. The fourth-order valence-corrected chi connectivity index (χ4v) is 2.31. The van der Waals surface area contributed by atoms with Gasteiger partial charge in [0.25, 0.3) is 5.91 Å². The van der Waals surface area contributed by atoms with Gasteiger partial charge in [-0.15, -0.1) is 0 Å². The number of carbonyl (C=O) groups is 2. The zero-order valence-electron chi connectivity index (χ0n) is 11.3. The number of hydrogen-bond acceptors (Lipinski definition) is 5. The van der Waals surface area contributed by atoms with E-state index in [0.29, 0.717) is 11.0 Å². The molecule has 0 spiro atoms. The maximum atomic E-state index is 11.9. The van der Waals surface area contributed by atoms with Gasteiger partial charge in [-0.2, -0.15) is 0 Å². The number of carbonyl (C=O) groups excluding carboxylic acids is 2. The van der Waals surface area contributed by atoms with Crippen molar-refractivity contribution in [2.75, 3.05) is 13.2 Å². The normalized spacial score (nSPS) is 11.0. The monoisotopic (exact) mass is 378 g/mol. The van der Waals surface area contributed by atoms with E-state index < -0.39 is 28.5 Å². The van der Waals surface area contributed by atoms with Crippen LogP contribution in [0.5, 0.6) is 0 Å². The first-order valence-electron chi connectivity index (χ1n) is 6.02. The number of halogens is 1. The van der Waals surface area contributed by atoms with Gasteiger partial charge in [0, 0.05) is 11.0 Å². The Balaban J connectivity index is 2.81. The lowest BCUT2D eigenvalue weighted by molar-refractivity contribution is -0.124. The fourth-order valence-electron chi connectivity index (χ4n) is 1.36. The minimum Gasteiger partial charge on any atom is -0.452 e. The van der Waals surface area contributed by atoms with Crippen LogP contribution in [0.15, 0.2) is 27.6 Å². The lowest BCUT2D eigenvalue weighted by atomic mass is 10.2. The molecule has 116 valence electrons. The third kappa shape index (κ3) is 5.44. The average molecular weight is 379 g/mol. The van der Waals surface area contributed by atoms with Crippen molar-refractivity contribution in [2.24, 2.45) is 5.14 Å². The van der Waals surface area contributed by atoms with Gasteiger partial charge < -0.3 is 10.1 Å². The van der Waals surface area contributed by atoms with Gasteiger partial charge in [0.15, 0.2) is 6.61 Å². The van der Waals surface area contributed by atoms with Crippen molar-refractivity contribution in [2.45, 2.75) is 18.2 Å². The molecule has 0 bridgehead atoms. The highest BCUT2D eigenvalue weighted by Gasteiger charge is 2.17. The van der Waals surface area contributed by atoms with E-state index in [0.717, 1.165) is 12.5 Å². The Bertz CT molecular complexity index is 645. The van der Waals surface area contributed by atoms with Crippen LogP contribution in [0.2, 0.25) is 0 Å². The Labute approximate surface area is 131 Å². The molecule has 1 aromatic rings. The molecule has 9 heteroatoms. The molecule has 0 atom stereocenters. The molecule has 0 unspecified atom stereocenters. The summed E-state index contributed by atoms with van der Waals surface area (Å²) in [5, 5.41) is 7.54. The van der Waals surface area contributed by atoms with Crippen LogP contribution in [0.4, 0.5) is 0 Å². The molecule has 0 radical (unpaired) electrons. The summed E-state index contributed by atoms with van der Waals surface area (Å²) in [7, 11) is -3.93. The molecule has 1 rings (SSSR count). The topological polar surface area (TPSA) is 116 Å². The number of rotatable bonds is 6. The fraction of sp³-hybridized carbons (Fsp3) is 0.333. The van der Waals surface area contributed by atoms with E-state index in [9.17, 15) is 18.0 Å². The smallest absolute Gasteiger partial charge is 0.339 e. The highest BCUT2D eigenvalue weighted by atomic mass is 79.9. The van der Waals surface area contributed by atoms with E-state index in [-0.39, 0.29) is 10.5 Å². The lowest BCUT2D eigenvalue weighted by Gasteiger charge is -2.08. The van der Waals surface area contributed by atoms with E-state index in [1.165, 1.54) is 12.1 Å². The summed E-state index contributed by atoms with van der Waals surface area (Å²) in [6, 6.07) is 3.71. The van der Waals surface area contributed by atoms with Crippen molar-refractivity contribution in [3.8, 4) is 0 Å². The second-order valence-electron chi connectivity index (χ2n) is 4.11. The summed E-state index contributed by atoms with van der Waals surface area (Å²) >= 11 is 3.11. The largest absolute Gasteiger partial charge is 0.452 e. The van der Waals surface area contributed by atoms with Gasteiger partial charge in [-0.1, -0.05) is 6.92 Å². The number of nitrogens with one attached hydrogen (secondary N) is 1. The highest BCUT2D eigenvalue weighted by molar-refractivity contribution is 9.10. The standard InChI is InChI=1S/C12H15BrN2O5S/c1-2-5-15-11(16)7-20-12(17)9-6-8(21(14,18)19)3-4-10(9)13/h3-4,6H,2,5,7H2,1H3,(H,15,16)(H2,14,18,19). The molecule has 0 aliphatic carbocycles. The maximum Gasteiger partial charge on any atom is 0.339 e. The van der Waals surface area contributed by atoms with Crippen molar-refractivity contribution in [3.05, 3.63) is 28.2 Å². The van der Waals surface area contributed by atoms with Crippen LogP contribution in [0, 0.1) is 0 Å². The molecule has 0 saturated heterocycles. The zero-order chi connectivity index (χ0) is 16.0. The summed E-state index contributed by atoms with van der Waals surface area (Å²) in [5.41, 5.74) is -0.0233. The minimum absolute atomic E-state index is 0.0233. The molecular weight excluding hydrogens is 364 g/mol. The number of amides is 1. The Hall–Kier alpha value is -1.45. The Morgan fingerprint density at radius 1 is 1.38 bits per heavy atom. The maximum absolute atomic E-state index is 11.9. The molecule has 0 saturated carbocycles. The van der Waals surface area contributed by atoms with Crippen molar-refractivity contribution in [1.29, 1.82) is 0 Å². The first-order valence-corrected chi connectivity index (χ1v) is 8.35. The van der Waals surface area contributed by atoms with E-state index >= 15 is 0 Å². The summed E-state index contributed by atoms with van der Waals surface area (Å²) in [6.07, 6.45) is 0.766. The Morgan fingerprint density at radius 3 is 2.62 bits per heavy atom. The zero-order valence-corrected chi connectivity index (χ0v) is 13.7. The minimum atomic E-state index is -3.93. The van der Waals surface area contributed by atoms with Crippen LogP contribution in [0.3, 0.4) is 0 Å². The van der Waals surface area contributed by atoms with Crippen molar-refractivity contribution < 1.29 is 22.7 Å². The first-order chi connectivity index (χ1) is 9.75. The summed E-state index contributed by atoms with van der Waals surface area (Å²) in [6.45, 7) is 1.94. The number of hydrogen-bond donors (Lipinski definition) is 2. The number of sulfonamides is 1. The molecular formula is C12H15BrN2O5S. The molecule has 1 aromatic carbocycles. The molecule has 0 aliphatic rings. The third-order valence-electron chi connectivity index (χ3n) is 2.39. The Morgan fingerprint density at radius 2 is 2.05 bits per heavy atom. The quantitative estimate of drug-likeness (QED) is 0.709. The van der Waals surface area contributed by atoms with Crippen molar-refractivity contribution in [1.82, 2.24) is 5.32 Å². The third-order valence-corrected chi connectivity index (χ3v) is 4.00. The number of nitrogens with two attached hydrogens (primary N) is 1. The van der Waals surface area contributed by atoms with Gasteiger partial charge in [0.2, 0.25) is 10.0 Å². The summed E-state index contributed by atoms with van der Waals surface area (Å²) in [5.74, 6) is -1.25. The molecule has 0 aromatic heterocycles. The van der Waals surface area contributed by atoms with Gasteiger partial charge in [-0.05, 0) is 40.5 Å². The van der Waals surface area contributed by atoms with Crippen LogP contribution < -0.4 is 10.5 Å². The molecule has 3 N–H and O–H groups in total. The summed E-state index contributed by atoms with van der Waals surface area (Å²) in [4.78, 5) is 23.0. The average Bonchev–Trinajstić information content (AvgIpc) is 2.41. The van der Waals surface area contributed by atoms with Gasteiger partial charge in [-0.25, -0.2) is 18.4 Å². The van der Waals surface area contributed by atoms with Crippen LogP contribution in [0.1, 0.15) is 23.7 Å². The molecule has 21 heavy (non-hydrogen) atoms. The number of primary sulfonamides is 1. The van der Waals surface area contributed by atoms with E-state index in [4.69, 9.17) is 9.88 Å². The molecule has 7 nitrogen and oxygen atoms in total. The number of esters is 1. The first kappa shape index (κ1) is 17.6. The van der Waals surface area contributed by atoms with Gasteiger partial charge in [-0.3, -0.25) is 4.79 Å². The van der Waals surface area contributed by atoms with Crippen LogP contribution >= 0.6 is 15.9 Å². The second-order valence-corrected chi connectivity index (χ2v) is 6.53. The van der Waals surface area contributed by atoms with E-state index in [1.807, 2.05) is 6.92 Å². The van der Waals surface area contributed by atoms with Gasteiger partial charge in [0.05, 0.1) is 10.5 Å². The second kappa shape index (κ2) is 7.53. The Kier molecular flexibility index (Phi) is 6.31. The molecule has 0 heterocycles. The van der Waals surface area contributed by atoms with Crippen LogP contribution in [-0.2, 0) is 19.6 Å². The van der Waals surface area contributed by atoms with Crippen LogP contribution in [0.25, 0.3) is 0 Å². The van der Waals surface area contributed by atoms with Gasteiger partial charge in [0.1, 0.15) is 0 Å². The van der Waals surface area contributed by atoms with Crippen molar-refractivity contribution in [3.63, 3.8) is 0 Å². The predicted molar refractivity (Wildman–Crippen MR) is 79.1 cm³/mol. The SMILES string of the molecule is CCCNC(=O)COC(=O)c1cc(S(N)(=O)=O)ccc1Br. The van der Waals surface area contributed by atoms with Crippen molar-refractivity contribution >= 4 is 37.8 Å². The van der Waals surface area contributed by atoms with Crippen LogP contribution in [-0.4, -0.2) is 33.4 Å². The molecule has 1 amide bonds. The summed E-state index contributed by atoms with van der Waals surface area (Å²) < 4.78 is 27.7. The van der Waals surface area contributed by atoms with E-state index in [1.54, 1.807) is 0 Å². The van der Waals surface area contributed by atoms with Gasteiger partial charge >= 0.3 is 5.97 Å². The predicted octanol–water partition coefficient (Wildman–Crippen LogP) is 0.780. The molecule has 0 fully saturated rings. The highest BCUT2D eigenvalue weighted by Crippen LogP contribution is 2.21.